The van der Waals surface area contributed by atoms with Crippen molar-refractivity contribution in [3.05, 3.63) is 70.6 Å². The molecule has 1 heterocycles. The highest BCUT2D eigenvalue weighted by molar-refractivity contribution is 7.99. The number of ether oxygens (including phenoxy) is 2. The maximum absolute atomic E-state index is 14.2. The number of carbonyl (C=O) groups excluding carboxylic acids is 1. The first-order chi connectivity index (χ1) is 20.3. The molecule has 0 bridgehead atoms. The van der Waals surface area contributed by atoms with Gasteiger partial charge in [-0.05, 0) is 68.2 Å². The van der Waals surface area contributed by atoms with Crippen molar-refractivity contribution < 1.29 is 40.6 Å². The fourth-order valence-electron chi connectivity index (χ4n) is 4.37. The van der Waals surface area contributed by atoms with Gasteiger partial charge in [0.05, 0.1) is 12.2 Å². The fraction of sp³-hybridized carbons (Fsp3) is 0.438. The van der Waals surface area contributed by atoms with Gasteiger partial charge in [-0.25, -0.2) is 18.4 Å². The lowest BCUT2D eigenvalue weighted by molar-refractivity contribution is -0.274. The van der Waals surface area contributed by atoms with Gasteiger partial charge in [-0.15, -0.1) is 24.9 Å². The second-order valence-electron chi connectivity index (χ2n) is 10.3. The van der Waals surface area contributed by atoms with E-state index in [0.29, 0.717) is 28.0 Å². The van der Waals surface area contributed by atoms with E-state index in [1.54, 1.807) is 24.3 Å². The first-order valence-electron chi connectivity index (χ1n) is 14.1. The van der Waals surface area contributed by atoms with Crippen molar-refractivity contribution in [3.63, 3.8) is 0 Å². The number of carbonyl (C=O) groups is 1. The summed E-state index contributed by atoms with van der Waals surface area (Å²) >= 11 is 1.32. The van der Waals surface area contributed by atoms with Crippen LogP contribution in [0.15, 0.2) is 68.7 Å². The average Bonchev–Trinajstić information content (AvgIpc) is 2.92. The van der Waals surface area contributed by atoms with E-state index in [1.807, 2.05) is 6.92 Å². The van der Waals surface area contributed by atoms with Crippen LogP contribution in [0.3, 0.4) is 0 Å². The summed E-state index contributed by atoms with van der Waals surface area (Å²) in [6, 6.07) is 10.9. The molecule has 5 nitrogen and oxygen atoms in total. The number of rotatable bonds is 16. The summed E-state index contributed by atoms with van der Waals surface area (Å²) in [5.41, 5.74) is 0.191. The number of unbranched alkanes of at least 4 members (excludes halogenated alkanes) is 2. The molecule has 3 rings (SSSR count). The Balaban J connectivity index is 1.66. The maximum atomic E-state index is 14.2. The van der Waals surface area contributed by atoms with E-state index in [1.165, 1.54) is 36.9 Å². The third kappa shape index (κ3) is 11.0. The van der Waals surface area contributed by atoms with Gasteiger partial charge in [-0.3, -0.25) is 0 Å². The summed E-state index contributed by atoms with van der Waals surface area (Å²) in [4.78, 5) is 24.9. The SMILES string of the molecule is C=C(C)C(=O)OCCCC(F)(F)CCCSc1ccc2cc(-c3ccc(CCCCC)cc3OC(F)(F)F)c(=O)oc2c1. The zero-order chi connectivity index (χ0) is 31.6. The molecular weight excluding hydrogens is 591 g/mol. The van der Waals surface area contributed by atoms with Gasteiger partial charge in [-0.1, -0.05) is 44.5 Å². The monoisotopic (exact) mass is 626 g/mol. The van der Waals surface area contributed by atoms with Crippen LogP contribution in [0, 0.1) is 0 Å². The topological polar surface area (TPSA) is 65.7 Å². The van der Waals surface area contributed by atoms with Crippen LogP contribution < -0.4 is 10.4 Å². The molecular formula is C32H35F5O5S. The van der Waals surface area contributed by atoms with Gasteiger partial charge < -0.3 is 13.9 Å². The predicted octanol–water partition coefficient (Wildman–Crippen LogP) is 9.50. The van der Waals surface area contributed by atoms with Gasteiger partial charge in [-0.2, -0.15) is 0 Å². The molecule has 2 aromatic carbocycles. The highest BCUT2D eigenvalue weighted by Gasteiger charge is 2.33. The van der Waals surface area contributed by atoms with E-state index in [-0.39, 0.29) is 48.2 Å². The van der Waals surface area contributed by atoms with Gasteiger partial charge in [0, 0.05) is 34.3 Å². The van der Waals surface area contributed by atoms with Crippen LogP contribution in [0.25, 0.3) is 22.1 Å². The third-order valence-electron chi connectivity index (χ3n) is 6.56. The van der Waals surface area contributed by atoms with Crippen molar-refractivity contribution in [2.45, 2.75) is 82.4 Å². The molecule has 0 saturated carbocycles. The summed E-state index contributed by atoms with van der Waals surface area (Å²) in [5.74, 6) is -3.58. The fourth-order valence-corrected chi connectivity index (χ4v) is 5.25. The highest BCUT2D eigenvalue weighted by Crippen LogP contribution is 2.36. The van der Waals surface area contributed by atoms with Crippen LogP contribution in [0.1, 0.15) is 64.4 Å². The van der Waals surface area contributed by atoms with Gasteiger partial charge >= 0.3 is 18.0 Å². The summed E-state index contributed by atoms with van der Waals surface area (Å²) in [7, 11) is 0. The van der Waals surface area contributed by atoms with Gasteiger partial charge in [0.2, 0.25) is 5.92 Å². The first-order valence-corrected chi connectivity index (χ1v) is 15.1. The summed E-state index contributed by atoms with van der Waals surface area (Å²) in [6.45, 7) is 6.85. The van der Waals surface area contributed by atoms with Crippen molar-refractivity contribution in [2.75, 3.05) is 12.4 Å². The molecule has 43 heavy (non-hydrogen) atoms. The number of aryl methyl sites for hydroxylation is 1. The van der Waals surface area contributed by atoms with Crippen LogP contribution in [0.2, 0.25) is 0 Å². The molecule has 0 saturated heterocycles. The van der Waals surface area contributed by atoms with Gasteiger partial charge in [0.25, 0.3) is 0 Å². The Bertz CT molecular complexity index is 1460. The molecule has 0 radical (unpaired) electrons. The van der Waals surface area contributed by atoms with Crippen LogP contribution >= 0.6 is 11.8 Å². The molecule has 3 aromatic rings. The number of benzene rings is 2. The van der Waals surface area contributed by atoms with Crippen molar-refractivity contribution in [1.82, 2.24) is 0 Å². The Morgan fingerprint density at radius 1 is 0.953 bits per heavy atom. The van der Waals surface area contributed by atoms with Crippen molar-refractivity contribution in [1.29, 1.82) is 0 Å². The second-order valence-corrected chi connectivity index (χ2v) is 11.5. The predicted molar refractivity (Wildman–Crippen MR) is 158 cm³/mol. The molecule has 0 amide bonds. The van der Waals surface area contributed by atoms with Crippen molar-refractivity contribution in [3.8, 4) is 16.9 Å². The minimum atomic E-state index is -4.94. The number of esters is 1. The van der Waals surface area contributed by atoms with E-state index in [2.05, 4.69) is 11.3 Å². The minimum Gasteiger partial charge on any atom is -0.462 e. The van der Waals surface area contributed by atoms with Gasteiger partial charge in [0.1, 0.15) is 11.3 Å². The minimum absolute atomic E-state index is 0.0272. The molecule has 11 heteroatoms. The smallest absolute Gasteiger partial charge is 0.462 e. The Morgan fingerprint density at radius 2 is 1.70 bits per heavy atom. The molecule has 0 N–H and O–H groups in total. The molecule has 0 fully saturated rings. The lowest BCUT2D eigenvalue weighted by Crippen LogP contribution is -2.18. The Hall–Kier alpha value is -3.34. The second kappa shape index (κ2) is 15.4. The average molecular weight is 627 g/mol. The zero-order valence-corrected chi connectivity index (χ0v) is 25.0. The lowest BCUT2D eigenvalue weighted by Gasteiger charge is -2.16. The normalized spacial score (nSPS) is 12.0. The van der Waals surface area contributed by atoms with E-state index < -0.39 is 36.1 Å². The number of halogens is 5. The Morgan fingerprint density at radius 3 is 2.40 bits per heavy atom. The quantitative estimate of drug-likeness (QED) is 0.0394. The summed E-state index contributed by atoms with van der Waals surface area (Å²) < 4.78 is 82.6. The maximum Gasteiger partial charge on any atom is 0.573 e. The molecule has 1 aromatic heterocycles. The van der Waals surface area contributed by atoms with Crippen LogP contribution in [0.5, 0.6) is 5.75 Å². The molecule has 0 aliphatic rings. The van der Waals surface area contributed by atoms with Crippen molar-refractivity contribution >= 4 is 28.7 Å². The number of thioether (sulfide) groups is 1. The summed E-state index contributed by atoms with van der Waals surface area (Å²) in [5, 5.41) is 0.489. The van der Waals surface area contributed by atoms with Crippen LogP contribution in [-0.2, 0) is 16.0 Å². The lowest BCUT2D eigenvalue weighted by atomic mass is 10.00. The molecule has 0 aliphatic carbocycles. The number of hydrogen-bond donors (Lipinski definition) is 0. The van der Waals surface area contributed by atoms with Crippen LogP contribution in [0.4, 0.5) is 22.0 Å². The highest BCUT2D eigenvalue weighted by atomic mass is 32.2. The molecule has 0 unspecified atom stereocenters. The Kier molecular flexibility index (Phi) is 12.2. The molecule has 0 aliphatic heterocycles. The number of hydrogen-bond acceptors (Lipinski definition) is 6. The van der Waals surface area contributed by atoms with E-state index in [4.69, 9.17) is 9.15 Å². The first kappa shape index (κ1) is 34.2. The largest absolute Gasteiger partial charge is 0.573 e. The molecule has 234 valence electrons. The van der Waals surface area contributed by atoms with Gasteiger partial charge in [0.15, 0.2) is 0 Å². The molecule has 0 atom stereocenters. The summed E-state index contributed by atoms with van der Waals surface area (Å²) in [6.07, 6.45) is -2.11. The standard InChI is InChI=1S/C32H35F5O5S/c1-4-5-6-9-22-10-13-25(28(18-22)42-32(35,36)37)26-19-23-11-12-24(20-27(23)41-30(26)39)43-17-8-15-31(33,34)14-7-16-40-29(38)21(2)3/h10-13,18-20H,2,4-9,14-17H2,1,3H3. The zero-order valence-electron chi connectivity index (χ0n) is 24.2. The van der Waals surface area contributed by atoms with E-state index in [9.17, 15) is 31.5 Å². The molecule has 0 spiro atoms. The Labute approximate surface area is 251 Å². The van der Waals surface area contributed by atoms with Crippen LogP contribution in [-0.4, -0.2) is 30.6 Å². The third-order valence-corrected chi connectivity index (χ3v) is 7.64. The van der Waals surface area contributed by atoms with E-state index in [0.717, 1.165) is 19.3 Å². The van der Waals surface area contributed by atoms with E-state index >= 15 is 0 Å². The van der Waals surface area contributed by atoms with Crippen molar-refractivity contribution in [2.24, 2.45) is 0 Å². The number of fused-ring (bicyclic) bond motifs is 1. The number of alkyl halides is 5.